The molecule has 2 amide bonds. The first-order chi connectivity index (χ1) is 7.42. The van der Waals surface area contributed by atoms with Crippen LogP contribution in [0.1, 0.15) is 33.6 Å². The fraction of sp³-hybridized carbons (Fsp3) is 0.818. The van der Waals surface area contributed by atoms with Gasteiger partial charge in [-0.3, -0.25) is 4.79 Å². The molecule has 0 aromatic carbocycles. The van der Waals surface area contributed by atoms with Crippen molar-refractivity contribution in [2.75, 3.05) is 13.6 Å². The molecule has 0 aliphatic rings. The van der Waals surface area contributed by atoms with Crippen LogP contribution in [0, 0.1) is 5.92 Å². The number of nitrogens with zero attached hydrogens (tertiary/aromatic N) is 1. The van der Waals surface area contributed by atoms with Gasteiger partial charge in [-0.05, 0) is 12.8 Å². The molecule has 5 heteroatoms. The number of carboxylic acids is 1. The van der Waals surface area contributed by atoms with Gasteiger partial charge in [-0.25, -0.2) is 4.79 Å². The maximum Gasteiger partial charge on any atom is 0.317 e. The Bertz CT molecular complexity index is 239. The van der Waals surface area contributed by atoms with Crippen LogP contribution in [0.2, 0.25) is 0 Å². The lowest BCUT2D eigenvalue weighted by Crippen LogP contribution is -2.44. The Balaban J connectivity index is 4.13. The zero-order valence-electron chi connectivity index (χ0n) is 10.5. The number of aliphatic carboxylic acids is 1. The third-order valence-corrected chi connectivity index (χ3v) is 2.63. The fourth-order valence-electron chi connectivity index (χ4n) is 1.35. The van der Waals surface area contributed by atoms with Crippen molar-refractivity contribution in [3.63, 3.8) is 0 Å². The summed E-state index contributed by atoms with van der Waals surface area (Å²) in [6, 6.07) is -0.0446. The summed E-state index contributed by atoms with van der Waals surface area (Å²) in [6.45, 7) is 5.83. The second-order valence-corrected chi connectivity index (χ2v) is 4.08. The Hall–Kier alpha value is -1.26. The first-order valence-electron chi connectivity index (χ1n) is 5.66. The molecule has 16 heavy (non-hydrogen) atoms. The monoisotopic (exact) mass is 230 g/mol. The summed E-state index contributed by atoms with van der Waals surface area (Å²) < 4.78 is 0. The number of amides is 2. The molecule has 0 radical (unpaired) electrons. The topological polar surface area (TPSA) is 69.6 Å². The number of carbonyl (C=O) groups is 2. The number of carbonyl (C=O) groups excluding carboxylic acids is 1. The van der Waals surface area contributed by atoms with Gasteiger partial charge >= 0.3 is 12.0 Å². The average Bonchev–Trinajstić information content (AvgIpc) is 2.24. The molecule has 94 valence electrons. The van der Waals surface area contributed by atoms with E-state index in [0.29, 0.717) is 0 Å². The Morgan fingerprint density at radius 1 is 1.31 bits per heavy atom. The average molecular weight is 230 g/mol. The zero-order valence-corrected chi connectivity index (χ0v) is 10.5. The predicted molar refractivity (Wildman–Crippen MR) is 62.3 cm³/mol. The summed E-state index contributed by atoms with van der Waals surface area (Å²) in [5.74, 6) is -1.43. The SMILES string of the molecule is CCC(CC)NC(=O)N(C)CC(C)C(=O)O. The third kappa shape index (κ3) is 5.00. The second kappa shape index (κ2) is 7.09. The first-order valence-corrected chi connectivity index (χ1v) is 5.66. The molecule has 0 saturated heterocycles. The summed E-state index contributed by atoms with van der Waals surface area (Å²) in [5, 5.41) is 11.6. The standard InChI is InChI=1S/C11H22N2O3/c1-5-9(6-2)12-11(16)13(4)7-8(3)10(14)15/h8-9H,5-7H2,1-4H3,(H,12,16)(H,14,15). The van der Waals surface area contributed by atoms with Gasteiger partial charge in [-0.15, -0.1) is 0 Å². The summed E-state index contributed by atoms with van der Waals surface area (Å²) >= 11 is 0. The van der Waals surface area contributed by atoms with Crippen molar-refractivity contribution in [2.45, 2.75) is 39.7 Å². The van der Waals surface area contributed by atoms with E-state index in [9.17, 15) is 9.59 Å². The van der Waals surface area contributed by atoms with Crippen LogP contribution < -0.4 is 5.32 Å². The highest BCUT2D eigenvalue weighted by molar-refractivity contribution is 5.75. The molecule has 0 aromatic rings. The molecule has 0 rings (SSSR count). The van der Waals surface area contributed by atoms with E-state index in [1.54, 1.807) is 14.0 Å². The van der Waals surface area contributed by atoms with E-state index in [-0.39, 0.29) is 18.6 Å². The molecule has 0 saturated carbocycles. The highest BCUT2D eigenvalue weighted by Gasteiger charge is 2.18. The summed E-state index contributed by atoms with van der Waals surface area (Å²) in [7, 11) is 1.61. The molecule has 1 unspecified atom stereocenters. The fourth-order valence-corrected chi connectivity index (χ4v) is 1.35. The minimum absolute atomic E-state index is 0.162. The Morgan fingerprint density at radius 2 is 1.81 bits per heavy atom. The lowest BCUT2D eigenvalue weighted by atomic mass is 10.1. The number of hydrogen-bond acceptors (Lipinski definition) is 2. The maximum atomic E-state index is 11.7. The van der Waals surface area contributed by atoms with Gasteiger partial charge in [0.15, 0.2) is 0 Å². The van der Waals surface area contributed by atoms with Crippen LogP contribution >= 0.6 is 0 Å². The molecule has 0 aliphatic heterocycles. The normalized spacial score (nSPS) is 12.3. The molecule has 5 nitrogen and oxygen atoms in total. The van der Waals surface area contributed by atoms with Gasteiger partial charge in [0, 0.05) is 19.6 Å². The second-order valence-electron chi connectivity index (χ2n) is 4.08. The highest BCUT2D eigenvalue weighted by Crippen LogP contribution is 2.01. The Labute approximate surface area is 96.8 Å². The maximum absolute atomic E-state index is 11.7. The van der Waals surface area contributed by atoms with Crippen LogP contribution in [0.15, 0.2) is 0 Å². The van der Waals surface area contributed by atoms with E-state index in [2.05, 4.69) is 5.32 Å². The van der Waals surface area contributed by atoms with E-state index in [0.717, 1.165) is 12.8 Å². The first kappa shape index (κ1) is 14.7. The minimum Gasteiger partial charge on any atom is -0.481 e. The molecule has 1 atom stereocenters. The summed E-state index contributed by atoms with van der Waals surface area (Å²) in [5.41, 5.74) is 0. The van der Waals surface area contributed by atoms with Crippen molar-refractivity contribution in [3.05, 3.63) is 0 Å². The zero-order chi connectivity index (χ0) is 12.7. The number of urea groups is 1. The molecule has 0 bridgehead atoms. The molecule has 0 spiro atoms. The van der Waals surface area contributed by atoms with E-state index >= 15 is 0 Å². The molecule has 2 N–H and O–H groups in total. The van der Waals surface area contributed by atoms with E-state index in [4.69, 9.17) is 5.11 Å². The van der Waals surface area contributed by atoms with Gasteiger partial charge in [-0.1, -0.05) is 20.8 Å². The molecular formula is C11H22N2O3. The molecule has 0 aromatic heterocycles. The van der Waals surface area contributed by atoms with Crippen LogP contribution in [-0.2, 0) is 4.79 Å². The van der Waals surface area contributed by atoms with Crippen molar-refractivity contribution in [2.24, 2.45) is 5.92 Å². The lowest BCUT2D eigenvalue weighted by Gasteiger charge is -2.23. The van der Waals surface area contributed by atoms with Crippen LogP contribution in [0.25, 0.3) is 0 Å². The molecule has 0 aliphatic carbocycles. The lowest BCUT2D eigenvalue weighted by molar-refractivity contribution is -0.141. The van der Waals surface area contributed by atoms with Crippen molar-refractivity contribution >= 4 is 12.0 Å². The largest absolute Gasteiger partial charge is 0.481 e. The smallest absolute Gasteiger partial charge is 0.317 e. The van der Waals surface area contributed by atoms with Gasteiger partial charge < -0.3 is 15.3 Å². The van der Waals surface area contributed by atoms with Gasteiger partial charge in [-0.2, -0.15) is 0 Å². The number of carboxylic acid groups (broad SMARTS) is 1. The van der Waals surface area contributed by atoms with E-state index < -0.39 is 11.9 Å². The number of hydrogen-bond donors (Lipinski definition) is 2. The van der Waals surface area contributed by atoms with Crippen LogP contribution in [-0.4, -0.2) is 41.6 Å². The summed E-state index contributed by atoms with van der Waals surface area (Å²) in [6.07, 6.45) is 1.76. The molecule has 0 fully saturated rings. The van der Waals surface area contributed by atoms with E-state index in [1.807, 2.05) is 13.8 Å². The van der Waals surface area contributed by atoms with Crippen molar-refractivity contribution in [1.29, 1.82) is 0 Å². The third-order valence-electron chi connectivity index (χ3n) is 2.63. The van der Waals surface area contributed by atoms with Gasteiger partial charge in [0.2, 0.25) is 0 Å². The van der Waals surface area contributed by atoms with Crippen molar-refractivity contribution in [1.82, 2.24) is 10.2 Å². The highest BCUT2D eigenvalue weighted by atomic mass is 16.4. The van der Waals surface area contributed by atoms with Crippen molar-refractivity contribution in [3.8, 4) is 0 Å². The Kier molecular flexibility index (Phi) is 6.53. The van der Waals surface area contributed by atoms with Crippen molar-refractivity contribution < 1.29 is 14.7 Å². The van der Waals surface area contributed by atoms with Gasteiger partial charge in [0.1, 0.15) is 0 Å². The quantitative estimate of drug-likeness (QED) is 0.727. The number of nitrogens with one attached hydrogen (secondary N) is 1. The van der Waals surface area contributed by atoms with Gasteiger partial charge in [0.05, 0.1) is 5.92 Å². The van der Waals surface area contributed by atoms with Crippen LogP contribution in [0.5, 0.6) is 0 Å². The summed E-state index contributed by atoms with van der Waals surface area (Å²) in [4.78, 5) is 23.7. The Morgan fingerprint density at radius 3 is 2.19 bits per heavy atom. The van der Waals surface area contributed by atoms with Crippen LogP contribution in [0.3, 0.4) is 0 Å². The minimum atomic E-state index is -0.887. The van der Waals surface area contributed by atoms with E-state index in [1.165, 1.54) is 4.90 Å². The molecule has 0 heterocycles. The molecular weight excluding hydrogens is 208 g/mol. The van der Waals surface area contributed by atoms with Gasteiger partial charge in [0.25, 0.3) is 0 Å². The van der Waals surface area contributed by atoms with Crippen LogP contribution in [0.4, 0.5) is 4.79 Å². The predicted octanol–water partition coefficient (Wildman–Crippen LogP) is 1.54. The number of rotatable bonds is 6.